The van der Waals surface area contributed by atoms with E-state index in [2.05, 4.69) is 37.2 Å². The summed E-state index contributed by atoms with van der Waals surface area (Å²) in [7, 11) is 1.42. The molecular weight excluding hydrogens is 923 g/mol. The fraction of sp³-hybridized carbons (Fsp3) is 0.816. The molecule has 70 heavy (non-hydrogen) atoms. The maximum absolute atomic E-state index is 14.3. The first-order chi connectivity index (χ1) is 33.2. The van der Waals surface area contributed by atoms with Gasteiger partial charge in [0.1, 0.15) is 48.3 Å². The third-order valence-electron chi connectivity index (χ3n) is 14.2. The standard InChI is InChI=1S/C49H83N9O11S/c1-28(2)23-36-48(68)57(7)30(4)43(63)52-35(24-33-17-11-8-12-18-33)44(64)55-41(32(6)60)47(67)56-40(31(5)59)46(66)50-29(3)42(62)54-38(26-70-27-39(61)51-36)45(65)53-37(25-34-19-13-9-14-20-34)49(69)58-21-15-10-16-22-58/h28-38,40-41,59-60H,8-27H2,1-7H3,(H,50,66)(H,51,61)(H,52,63)(H,53,65)(H,54,62)(H,55,64)(H,56,67)/t29-,30-,31?,32+,35-,36-,37-,38-,40-,41-/m0/s1. The number of rotatable bonds is 11. The lowest BCUT2D eigenvalue weighted by atomic mass is 9.84. The first-order valence-electron chi connectivity index (χ1n) is 25.8. The minimum atomic E-state index is -1.69. The van der Waals surface area contributed by atoms with E-state index < -0.39 is 108 Å². The Morgan fingerprint density at radius 1 is 0.643 bits per heavy atom. The number of hydrogen-bond acceptors (Lipinski definition) is 12. The van der Waals surface area contributed by atoms with Gasteiger partial charge in [0, 0.05) is 25.9 Å². The lowest BCUT2D eigenvalue weighted by molar-refractivity contribution is -0.142. The molecule has 2 saturated heterocycles. The lowest BCUT2D eigenvalue weighted by Gasteiger charge is -2.34. The average molecular weight is 1010 g/mol. The number of piperidine rings is 1. The van der Waals surface area contributed by atoms with Crippen molar-refractivity contribution in [3.8, 4) is 0 Å². The molecule has 0 aromatic heterocycles. The SMILES string of the molecule is CC(C)C[C@@H]1NC(=O)CSC[C@@H](C(=O)N[C@@H](CC2CCCCC2)C(=O)N2CCCCC2)NC(=O)[C@H](C)NC(=O)[C@H](C(C)O)NC(=O)[C@H]([C@@H](C)O)NC(=O)[C@H](CC2CCCCC2)NC(=O)[C@H](C)N(C)C1=O. The van der Waals surface area contributed by atoms with Crippen LogP contribution in [0.4, 0.5) is 0 Å². The van der Waals surface area contributed by atoms with E-state index in [1.165, 1.54) is 39.6 Å². The second kappa shape index (κ2) is 28.5. The van der Waals surface area contributed by atoms with Crippen LogP contribution in [0.15, 0.2) is 0 Å². The highest BCUT2D eigenvalue weighted by Crippen LogP contribution is 2.29. The van der Waals surface area contributed by atoms with E-state index in [0.29, 0.717) is 19.5 Å². The zero-order valence-corrected chi connectivity index (χ0v) is 43.3. The molecule has 0 aromatic rings. The minimum Gasteiger partial charge on any atom is -0.391 e. The van der Waals surface area contributed by atoms with Crippen LogP contribution in [0.1, 0.15) is 144 Å². The molecule has 2 aliphatic heterocycles. The van der Waals surface area contributed by atoms with Crippen molar-refractivity contribution in [1.29, 1.82) is 0 Å². The number of carbonyl (C=O) groups is 9. The molecule has 2 saturated carbocycles. The predicted molar refractivity (Wildman–Crippen MR) is 264 cm³/mol. The van der Waals surface area contributed by atoms with Crippen molar-refractivity contribution >= 4 is 64.9 Å². The molecule has 4 rings (SSSR count). The fourth-order valence-electron chi connectivity index (χ4n) is 9.83. The first kappa shape index (κ1) is 58.1. The summed E-state index contributed by atoms with van der Waals surface area (Å²) in [6, 6.07) is -10.3. The van der Waals surface area contributed by atoms with Gasteiger partial charge in [-0.25, -0.2) is 0 Å². The average Bonchev–Trinajstić information content (AvgIpc) is 3.32. The van der Waals surface area contributed by atoms with Gasteiger partial charge in [-0.2, -0.15) is 0 Å². The summed E-state index contributed by atoms with van der Waals surface area (Å²) >= 11 is 1.01. The molecule has 396 valence electrons. The summed E-state index contributed by atoms with van der Waals surface area (Å²) in [5.74, 6) is -6.48. The van der Waals surface area contributed by atoms with E-state index in [0.717, 1.165) is 95.2 Å². The third-order valence-corrected chi connectivity index (χ3v) is 15.2. The fourth-order valence-corrected chi connectivity index (χ4v) is 10.7. The van der Waals surface area contributed by atoms with Crippen molar-refractivity contribution < 1.29 is 53.4 Å². The molecule has 2 aliphatic carbocycles. The number of likely N-dealkylation sites (N-methyl/N-ethyl adjacent to an activating group) is 1. The number of hydrogen-bond donors (Lipinski definition) is 9. The number of likely N-dealkylation sites (tertiary alicyclic amines) is 1. The zero-order chi connectivity index (χ0) is 51.7. The Kier molecular flexibility index (Phi) is 23.7. The Hall–Kier alpha value is -4.50. The summed E-state index contributed by atoms with van der Waals surface area (Å²) in [4.78, 5) is 129. The molecule has 0 bridgehead atoms. The molecule has 0 aromatic carbocycles. The van der Waals surface area contributed by atoms with Crippen molar-refractivity contribution in [1.82, 2.24) is 47.0 Å². The summed E-state index contributed by atoms with van der Waals surface area (Å²) in [6.45, 7) is 10.2. The van der Waals surface area contributed by atoms with E-state index >= 15 is 0 Å². The number of nitrogens with one attached hydrogen (secondary N) is 7. The molecule has 4 aliphatic rings. The van der Waals surface area contributed by atoms with Crippen LogP contribution in [-0.4, -0.2) is 165 Å². The van der Waals surface area contributed by atoms with E-state index in [9.17, 15) is 53.4 Å². The Balaban J connectivity index is 1.67. The first-order valence-corrected chi connectivity index (χ1v) is 26.9. The molecule has 10 atom stereocenters. The topological polar surface area (TPSA) is 285 Å². The second-order valence-corrected chi connectivity index (χ2v) is 21.7. The van der Waals surface area contributed by atoms with Crippen LogP contribution < -0.4 is 37.2 Å². The van der Waals surface area contributed by atoms with E-state index in [1.54, 1.807) is 4.90 Å². The number of carbonyl (C=O) groups excluding carboxylic acids is 9. The largest absolute Gasteiger partial charge is 0.391 e. The van der Waals surface area contributed by atoms with Crippen molar-refractivity contribution in [3.05, 3.63) is 0 Å². The van der Waals surface area contributed by atoms with Crippen LogP contribution in [0.5, 0.6) is 0 Å². The Morgan fingerprint density at radius 3 is 1.76 bits per heavy atom. The second-order valence-electron chi connectivity index (χ2n) is 20.6. The van der Waals surface area contributed by atoms with Crippen molar-refractivity contribution in [2.45, 2.75) is 205 Å². The minimum absolute atomic E-state index is 0.0533. The molecule has 1 unspecified atom stereocenters. The molecule has 2 heterocycles. The summed E-state index contributed by atoms with van der Waals surface area (Å²) in [6.07, 6.45) is 10.00. The number of aliphatic hydroxyl groups is 2. The summed E-state index contributed by atoms with van der Waals surface area (Å²) in [5, 5.41) is 40.1. The smallest absolute Gasteiger partial charge is 0.245 e. The maximum Gasteiger partial charge on any atom is 0.245 e. The van der Waals surface area contributed by atoms with Gasteiger partial charge in [-0.3, -0.25) is 43.2 Å². The molecule has 20 nitrogen and oxygen atoms in total. The number of aliphatic hydroxyl groups excluding tert-OH is 2. The lowest BCUT2D eigenvalue weighted by Crippen LogP contribution is -2.63. The molecule has 9 N–H and O–H groups in total. The van der Waals surface area contributed by atoms with Gasteiger partial charge in [0.05, 0.1) is 18.0 Å². The Morgan fingerprint density at radius 2 is 1.19 bits per heavy atom. The van der Waals surface area contributed by atoms with Crippen LogP contribution in [0.25, 0.3) is 0 Å². The van der Waals surface area contributed by atoms with Crippen molar-refractivity contribution in [2.24, 2.45) is 17.8 Å². The normalized spacial score (nSPS) is 29.0. The zero-order valence-electron chi connectivity index (χ0n) is 42.5. The van der Waals surface area contributed by atoms with Crippen LogP contribution in [0.2, 0.25) is 0 Å². The third kappa shape index (κ3) is 18.0. The quantitative estimate of drug-likeness (QED) is 0.139. The predicted octanol–water partition coefficient (Wildman–Crippen LogP) is 0.755. The van der Waals surface area contributed by atoms with Crippen LogP contribution in [0.3, 0.4) is 0 Å². The van der Waals surface area contributed by atoms with Gasteiger partial charge < -0.3 is 57.2 Å². The van der Waals surface area contributed by atoms with Gasteiger partial charge in [-0.1, -0.05) is 78.1 Å². The number of nitrogens with zero attached hydrogens (tertiary/aromatic N) is 2. The maximum atomic E-state index is 14.3. The van der Waals surface area contributed by atoms with E-state index in [1.807, 2.05) is 13.8 Å². The summed E-state index contributed by atoms with van der Waals surface area (Å²) in [5.41, 5.74) is 0. The molecular formula is C49H83N9O11S. The molecule has 9 amide bonds. The van der Waals surface area contributed by atoms with Gasteiger partial charge in [0.15, 0.2) is 0 Å². The van der Waals surface area contributed by atoms with Gasteiger partial charge >= 0.3 is 0 Å². The monoisotopic (exact) mass is 1010 g/mol. The van der Waals surface area contributed by atoms with Gasteiger partial charge in [0.25, 0.3) is 0 Å². The number of amides is 9. The van der Waals surface area contributed by atoms with Crippen LogP contribution in [0, 0.1) is 17.8 Å². The number of thioether (sulfide) groups is 1. The Bertz CT molecular complexity index is 1800. The van der Waals surface area contributed by atoms with E-state index in [4.69, 9.17) is 0 Å². The van der Waals surface area contributed by atoms with Crippen molar-refractivity contribution in [3.63, 3.8) is 0 Å². The van der Waals surface area contributed by atoms with Gasteiger partial charge in [-0.15, -0.1) is 11.8 Å². The van der Waals surface area contributed by atoms with E-state index in [-0.39, 0.29) is 48.0 Å². The van der Waals surface area contributed by atoms with Crippen molar-refractivity contribution in [2.75, 3.05) is 31.6 Å². The van der Waals surface area contributed by atoms with Crippen LogP contribution in [-0.2, 0) is 43.2 Å². The molecule has 0 radical (unpaired) electrons. The summed E-state index contributed by atoms with van der Waals surface area (Å²) < 4.78 is 0. The highest BCUT2D eigenvalue weighted by molar-refractivity contribution is 8.00. The molecule has 0 spiro atoms. The van der Waals surface area contributed by atoms with Crippen LogP contribution >= 0.6 is 11.8 Å². The highest BCUT2D eigenvalue weighted by Gasteiger charge is 2.39. The molecule has 4 fully saturated rings. The Labute approximate surface area is 418 Å². The van der Waals surface area contributed by atoms with Gasteiger partial charge in [-0.05, 0) is 84.0 Å². The highest BCUT2D eigenvalue weighted by atomic mass is 32.2. The van der Waals surface area contributed by atoms with Gasteiger partial charge in [0.2, 0.25) is 53.2 Å². The molecule has 21 heteroatoms.